The molecule has 196 valence electrons. The number of methoxy groups -OCH3 is 1. The van der Waals surface area contributed by atoms with Crippen LogP contribution in [-0.2, 0) is 39.7 Å². The zero-order valence-electron chi connectivity index (χ0n) is 21.4. The molecule has 0 N–H and O–H groups in total. The molecule has 0 radical (unpaired) electrons. The molecule has 1 aromatic carbocycles. The van der Waals surface area contributed by atoms with Crippen molar-refractivity contribution in [2.24, 2.45) is 5.41 Å². The van der Waals surface area contributed by atoms with E-state index in [0.29, 0.717) is 31.6 Å². The van der Waals surface area contributed by atoms with Crippen LogP contribution in [0.3, 0.4) is 0 Å². The van der Waals surface area contributed by atoms with E-state index in [9.17, 15) is 9.59 Å². The van der Waals surface area contributed by atoms with Gasteiger partial charge in [-0.25, -0.2) is 0 Å². The van der Waals surface area contributed by atoms with Gasteiger partial charge in [-0.1, -0.05) is 68.9 Å². The van der Waals surface area contributed by atoms with E-state index < -0.39 is 11.2 Å². The van der Waals surface area contributed by atoms with Gasteiger partial charge in [-0.05, 0) is 30.7 Å². The van der Waals surface area contributed by atoms with Gasteiger partial charge in [0.15, 0.2) is 5.78 Å². The Morgan fingerprint density at radius 1 is 1.34 bits per heavy atom. The number of rotatable bonds is 14. The Hall–Kier alpha value is -1.12. The van der Waals surface area contributed by atoms with E-state index in [1.807, 2.05) is 58.0 Å². The van der Waals surface area contributed by atoms with E-state index in [2.05, 4.69) is 9.47 Å². The van der Waals surface area contributed by atoms with Crippen molar-refractivity contribution >= 4 is 32.1 Å². The normalized spacial score (nSPS) is 22.9. The Labute approximate surface area is 215 Å². The zero-order valence-corrected chi connectivity index (χ0v) is 23.3. The van der Waals surface area contributed by atoms with E-state index in [-0.39, 0.29) is 36.0 Å². The second-order valence-electron chi connectivity index (χ2n) is 9.06. The highest BCUT2D eigenvalue weighted by Gasteiger charge is 2.55. The summed E-state index contributed by atoms with van der Waals surface area (Å²) in [5, 5.41) is -0.0661. The predicted molar refractivity (Wildman–Crippen MR) is 141 cm³/mol. The van der Waals surface area contributed by atoms with Gasteiger partial charge in [0, 0.05) is 34.8 Å². The third-order valence-electron chi connectivity index (χ3n) is 6.17. The third kappa shape index (κ3) is 8.46. The summed E-state index contributed by atoms with van der Waals surface area (Å²) < 4.78 is 29.2. The third-order valence-corrected chi connectivity index (χ3v) is 7.23. The molecular formula is C26H39O7PS. The quantitative estimate of drug-likeness (QED) is 0.144. The maximum absolute atomic E-state index is 13.0. The number of carbonyl (C=O) groups excluding carboxylic acids is 2. The lowest BCUT2D eigenvalue weighted by Crippen LogP contribution is -2.59. The van der Waals surface area contributed by atoms with E-state index in [0.717, 1.165) is 5.56 Å². The number of carbonyl (C=O) groups is 2. The van der Waals surface area contributed by atoms with E-state index in [4.69, 9.17) is 23.5 Å². The lowest BCUT2D eigenvalue weighted by molar-refractivity contribution is -0.285. The molecule has 1 saturated heterocycles. The minimum absolute atomic E-state index is 0.0661. The Bertz CT molecular complexity index is 832. The van der Waals surface area contributed by atoms with Crippen LogP contribution in [0.1, 0.15) is 52.5 Å². The van der Waals surface area contributed by atoms with Crippen LogP contribution in [0, 0.1) is 5.41 Å². The number of hydrogen-bond donors (Lipinski definition) is 0. The Morgan fingerprint density at radius 2 is 2.06 bits per heavy atom. The van der Waals surface area contributed by atoms with Crippen LogP contribution >= 0.6 is 21.2 Å². The molecule has 1 aromatic rings. The second-order valence-corrected chi connectivity index (χ2v) is 10.6. The fraction of sp³-hybridized carbons (Fsp3) is 0.615. The van der Waals surface area contributed by atoms with Crippen LogP contribution in [0.25, 0.3) is 0 Å². The monoisotopic (exact) mass is 526 g/mol. The predicted octanol–water partition coefficient (Wildman–Crippen LogP) is 5.08. The molecule has 9 heteroatoms. The molecule has 0 saturated carbocycles. The minimum Gasteiger partial charge on any atom is -0.360 e. The SMILES string of the molecule is CCSC(=O)/C=C/C(C)(C)[C@]1(OC)O[C@H](C[C@@H](OP)[C@@H](C)OCOCc2ccccc2)CCC1=O. The first-order chi connectivity index (χ1) is 16.7. The average molecular weight is 527 g/mol. The van der Waals surface area contributed by atoms with Gasteiger partial charge in [0.25, 0.3) is 0 Å². The summed E-state index contributed by atoms with van der Waals surface area (Å²) in [7, 11) is 3.76. The van der Waals surface area contributed by atoms with Crippen molar-refractivity contribution < 1.29 is 33.1 Å². The summed E-state index contributed by atoms with van der Waals surface area (Å²) in [6, 6.07) is 9.89. The molecule has 1 heterocycles. The van der Waals surface area contributed by atoms with Crippen molar-refractivity contribution in [3.63, 3.8) is 0 Å². The highest BCUT2D eigenvalue weighted by Crippen LogP contribution is 2.43. The number of Topliss-reactive ketones (excluding diaryl/α,β-unsaturated/α-hetero) is 1. The van der Waals surface area contributed by atoms with Gasteiger partial charge < -0.3 is 23.5 Å². The van der Waals surface area contributed by atoms with Crippen molar-refractivity contribution in [1.29, 1.82) is 0 Å². The lowest BCUT2D eigenvalue weighted by atomic mass is 9.77. The largest absolute Gasteiger partial charge is 0.360 e. The molecule has 2 rings (SSSR count). The number of thioether (sulfide) groups is 1. The van der Waals surface area contributed by atoms with Gasteiger partial charge >= 0.3 is 0 Å². The van der Waals surface area contributed by atoms with Gasteiger partial charge in [0.2, 0.25) is 10.9 Å². The van der Waals surface area contributed by atoms with E-state index in [1.165, 1.54) is 24.9 Å². The summed E-state index contributed by atoms with van der Waals surface area (Å²) in [5.41, 5.74) is 0.219. The summed E-state index contributed by atoms with van der Waals surface area (Å²) in [4.78, 5) is 25.1. The highest BCUT2D eigenvalue weighted by atomic mass is 32.2. The molecule has 35 heavy (non-hydrogen) atoms. The lowest BCUT2D eigenvalue weighted by Gasteiger charge is -2.47. The molecule has 1 fully saturated rings. The van der Waals surface area contributed by atoms with Crippen molar-refractivity contribution in [1.82, 2.24) is 0 Å². The molecular weight excluding hydrogens is 487 g/mol. The van der Waals surface area contributed by atoms with Crippen molar-refractivity contribution in [3.8, 4) is 0 Å². The molecule has 5 atom stereocenters. The van der Waals surface area contributed by atoms with Crippen molar-refractivity contribution in [2.75, 3.05) is 19.7 Å². The van der Waals surface area contributed by atoms with Crippen LogP contribution in [-0.4, -0.2) is 54.7 Å². The maximum atomic E-state index is 13.0. The molecule has 0 bridgehead atoms. The standard InChI is InChI=1S/C26H39O7PS/c1-6-35-24(28)14-15-25(3,4)26(29-5)23(27)13-12-21(32-26)16-22(33-34)19(2)31-18-30-17-20-10-8-7-9-11-20/h7-11,14-15,19,21-22H,6,12-13,16-18,34H2,1-5H3/b15-14+/t19-,21+,22-,26-/m1/s1. The van der Waals surface area contributed by atoms with Crippen molar-refractivity contribution in [3.05, 3.63) is 48.0 Å². The van der Waals surface area contributed by atoms with Gasteiger partial charge in [-0.15, -0.1) is 0 Å². The van der Waals surface area contributed by atoms with Gasteiger partial charge in [0.05, 0.1) is 24.9 Å². The molecule has 1 aliphatic heterocycles. The molecule has 0 amide bonds. The van der Waals surface area contributed by atoms with E-state index >= 15 is 0 Å². The average Bonchev–Trinajstić information content (AvgIpc) is 2.85. The number of benzene rings is 1. The van der Waals surface area contributed by atoms with Crippen molar-refractivity contribution in [2.45, 2.75) is 77.7 Å². The summed E-state index contributed by atoms with van der Waals surface area (Å²) in [6.45, 7) is 8.12. The Kier molecular flexibility index (Phi) is 12.5. The van der Waals surface area contributed by atoms with Gasteiger partial charge in [0.1, 0.15) is 6.79 Å². The highest BCUT2D eigenvalue weighted by molar-refractivity contribution is 8.14. The second kappa shape index (κ2) is 14.6. The maximum Gasteiger partial charge on any atom is 0.237 e. The van der Waals surface area contributed by atoms with Crippen LogP contribution in [0.5, 0.6) is 0 Å². The summed E-state index contributed by atoms with van der Waals surface area (Å²) in [5.74, 6) is -0.939. The Balaban J connectivity index is 1.99. The zero-order chi connectivity index (χ0) is 25.9. The molecule has 0 spiro atoms. The topological polar surface area (TPSA) is 80.3 Å². The summed E-state index contributed by atoms with van der Waals surface area (Å²) >= 11 is 1.21. The molecule has 1 unspecified atom stereocenters. The first kappa shape index (κ1) is 30.1. The number of ketones is 1. The molecule has 1 aliphatic rings. The molecule has 7 nitrogen and oxygen atoms in total. The van der Waals surface area contributed by atoms with Crippen LogP contribution in [0.4, 0.5) is 0 Å². The Morgan fingerprint density at radius 3 is 2.69 bits per heavy atom. The smallest absolute Gasteiger partial charge is 0.237 e. The van der Waals surface area contributed by atoms with E-state index in [1.54, 1.807) is 6.08 Å². The van der Waals surface area contributed by atoms with Crippen LogP contribution in [0.15, 0.2) is 42.5 Å². The summed E-state index contributed by atoms with van der Waals surface area (Å²) in [6.07, 6.45) is 3.72. The minimum atomic E-state index is -1.49. The molecule has 0 aliphatic carbocycles. The number of ether oxygens (including phenoxy) is 4. The first-order valence-electron chi connectivity index (χ1n) is 11.9. The van der Waals surface area contributed by atoms with Crippen LogP contribution < -0.4 is 0 Å². The fourth-order valence-corrected chi connectivity index (χ4v) is 4.89. The van der Waals surface area contributed by atoms with Gasteiger partial charge in [-0.3, -0.25) is 9.59 Å². The molecule has 0 aromatic heterocycles. The van der Waals surface area contributed by atoms with Crippen LogP contribution in [0.2, 0.25) is 0 Å². The fourth-order valence-electron chi connectivity index (χ4n) is 4.11. The number of hydrogen-bond acceptors (Lipinski definition) is 8. The van der Waals surface area contributed by atoms with Gasteiger partial charge in [-0.2, -0.15) is 0 Å². The first-order valence-corrected chi connectivity index (χ1v) is 13.4.